The highest BCUT2D eigenvalue weighted by molar-refractivity contribution is 7.71. The molecule has 1 aromatic heterocycles. The number of H-pyrrole nitrogens is 1. The molecular weight excluding hydrogens is 198 g/mol. The van der Waals surface area contributed by atoms with E-state index in [-0.39, 0.29) is 5.91 Å². The van der Waals surface area contributed by atoms with Gasteiger partial charge in [-0.25, -0.2) is 0 Å². The van der Waals surface area contributed by atoms with Gasteiger partial charge in [0.05, 0.1) is 0 Å². The molecule has 0 aliphatic heterocycles. The standard InChI is InChI=1S/C9H15N3OS/c1-5(2)7-4-11-9(14)12(7)6(3)8(10)13/h4-6H,1-3H3,(H2,10,13)(H,11,14). The summed E-state index contributed by atoms with van der Waals surface area (Å²) in [4.78, 5) is 14.0. The van der Waals surface area contributed by atoms with Crippen LogP contribution in [0.1, 0.15) is 38.4 Å². The first-order valence-corrected chi connectivity index (χ1v) is 4.95. The largest absolute Gasteiger partial charge is 0.368 e. The molecular formula is C9H15N3OS. The number of nitrogens with one attached hydrogen (secondary N) is 1. The lowest BCUT2D eigenvalue weighted by Gasteiger charge is -2.15. The van der Waals surface area contributed by atoms with Crippen LogP contribution in [0.5, 0.6) is 0 Å². The normalized spacial score (nSPS) is 13.1. The second kappa shape index (κ2) is 3.96. The molecule has 0 fully saturated rings. The van der Waals surface area contributed by atoms with Crippen LogP contribution >= 0.6 is 12.2 Å². The van der Waals surface area contributed by atoms with Gasteiger partial charge in [-0.1, -0.05) is 13.8 Å². The van der Waals surface area contributed by atoms with Gasteiger partial charge >= 0.3 is 0 Å². The van der Waals surface area contributed by atoms with E-state index < -0.39 is 6.04 Å². The van der Waals surface area contributed by atoms with Crippen molar-refractivity contribution in [3.8, 4) is 0 Å². The third kappa shape index (κ3) is 1.87. The molecule has 0 aliphatic carbocycles. The summed E-state index contributed by atoms with van der Waals surface area (Å²) in [7, 11) is 0. The van der Waals surface area contributed by atoms with Crippen molar-refractivity contribution in [2.24, 2.45) is 5.73 Å². The van der Waals surface area contributed by atoms with Crippen molar-refractivity contribution in [3.05, 3.63) is 16.7 Å². The van der Waals surface area contributed by atoms with E-state index in [2.05, 4.69) is 4.98 Å². The predicted octanol–water partition coefficient (Wildman–Crippen LogP) is 1.72. The van der Waals surface area contributed by atoms with Gasteiger partial charge in [0.2, 0.25) is 5.91 Å². The minimum absolute atomic E-state index is 0.310. The van der Waals surface area contributed by atoms with Gasteiger partial charge in [-0.05, 0) is 25.1 Å². The first-order chi connectivity index (χ1) is 6.45. The van der Waals surface area contributed by atoms with E-state index >= 15 is 0 Å². The first kappa shape index (κ1) is 11.0. The zero-order valence-electron chi connectivity index (χ0n) is 8.57. The smallest absolute Gasteiger partial charge is 0.240 e. The highest BCUT2D eigenvalue weighted by atomic mass is 32.1. The summed E-state index contributed by atoms with van der Waals surface area (Å²) in [5.41, 5.74) is 6.25. The number of aromatic amines is 1. The summed E-state index contributed by atoms with van der Waals surface area (Å²) < 4.78 is 2.31. The molecule has 1 unspecified atom stereocenters. The average molecular weight is 213 g/mol. The molecule has 0 saturated heterocycles. The van der Waals surface area contributed by atoms with Crippen LogP contribution in [0.25, 0.3) is 0 Å². The van der Waals surface area contributed by atoms with E-state index in [4.69, 9.17) is 18.0 Å². The van der Waals surface area contributed by atoms with Crippen LogP contribution in [0.3, 0.4) is 0 Å². The third-order valence-corrected chi connectivity index (χ3v) is 2.55. The zero-order chi connectivity index (χ0) is 10.9. The summed E-state index contributed by atoms with van der Waals surface area (Å²) in [5.74, 6) is -0.0626. The maximum atomic E-state index is 11.1. The van der Waals surface area contributed by atoms with E-state index in [1.54, 1.807) is 11.5 Å². The molecule has 78 valence electrons. The second-order valence-corrected chi connectivity index (χ2v) is 4.01. The number of amides is 1. The molecule has 1 amide bonds. The Hall–Kier alpha value is -1.10. The lowest BCUT2D eigenvalue weighted by molar-refractivity contribution is -0.120. The lowest BCUT2D eigenvalue weighted by atomic mass is 10.1. The Balaban J connectivity index is 3.24. The van der Waals surface area contributed by atoms with Crippen molar-refractivity contribution in [3.63, 3.8) is 0 Å². The Labute approximate surface area is 88.1 Å². The fourth-order valence-electron chi connectivity index (χ4n) is 1.36. The molecule has 5 heteroatoms. The minimum atomic E-state index is -0.397. The second-order valence-electron chi connectivity index (χ2n) is 3.62. The molecule has 0 saturated carbocycles. The number of nitrogens with two attached hydrogens (primary N) is 1. The zero-order valence-corrected chi connectivity index (χ0v) is 9.39. The number of rotatable bonds is 3. The Kier molecular flexibility index (Phi) is 3.10. The summed E-state index contributed by atoms with van der Waals surface area (Å²) in [6.45, 7) is 5.84. The molecule has 4 nitrogen and oxygen atoms in total. The molecule has 1 atom stereocenters. The Bertz CT molecular complexity index is 391. The molecule has 1 rings (SSSR count). The first-order valence-electron chi connectivity index (χ1n) is 4.54. The van der Waals surface area contributed by atoms with Crippen LogP contribution in [-0.4, -0.2) is 15.5 Å². The SMILES string of the molecule is CC(C)c1c[nH]c(=S)n1C(C)C(N)=O. The number of nitrogens with zero attached hydrogens (tertiary/aromatic N) is 1. The van der Waals surface area contributed by atoms with Crippen LogP contribution in [0.2, 0.25) is 0 Å². The number of carbonyl (C=O) groups is 1. The maximum Gasteiger partial charge on any atom is 0.240 e. The lowest BCUT2D eigenvalue weighted by Crippen LogP contribution is -2.25. The predicted molar refractivity (Wildman–Crippen MR) is 57.6 cm³/mol. The molecule has 0 spiro atoms. The van der Waals surface area contributed by atoms with Crippen molar-refractivity contribution in [2.75, 3.05) is 0 Å². The molecule has 0 radical (unpaired) electrons. The van der Waals surface area contributed by atoms with E-state index in [0.717, 1.165) is 5.69 Å². The van der Waals surface area contributed by atoms with E-state index in [0.29, 0.717) is 10.7 Å². The van der Waals surface area contributed by atoms with Crippen LogP contribution < -0.4 is 5.73 Å². The molecule has 0 aromatic carbocycles. The number of primary amides is 1. The van der Waals surface area contributed by atoms with Crippen molar-refractivity contribution in [1.82, 2.24) is 9.55 Å². The number of carbonyl (C=O) groups excluding carboxylic acids is 1. The number of imidazole rings is 1. The fraction of sp³-hybridized carbons (Fsp3) is 0.556. The highest BCUT2D eigenvalue weighted by Gasteiger charge is 2.17. The minimum Gasteiger partial charge on any atom is -0.368 e. The van der Waals surface area contributed by atoms with E-state index in [1.807, 2.05) is 20.0 Å². The van der Waals surface area contributed by atoms with Crippen LogP contribution in [-0.2, 0) is 4.79 Å². The van der Waals surface area contributed by atoms with Gasteiger partial charge in [0.1, 0.15) is 6.04 Å². The van der Waals surface area contributed by atoms with Crippen molar-refractivity contribution < 1.29 is 4.79 Å². The molecule has 1 heterocycles. The van der Waals surface area contributed by atoms with Gasteiger partial charge in [-0.3, -0.25) is 4.79 Å². The Morgan fingerprint density at radius 1 is 1.57 bits per heavy atom. The summed E-state index contributed by atoms with van der Waals surface area (Å²) in [6.07, 6.45) is 1.83. The van der Waals surface area contributed by atoms with Gasteiger partial charge in [0, 0.05) is 11.9 Å². The topological polar surface area (TPSA) is 63.8 Å². The van der Waals surface area contributed by atoms with Crippen molar-refractivity contribution >= 4 is 18.1 Å². The van der Waals surface area contributed by atoms with Crippen LogP contribution in [0.15, 0.2) is 6.20 Å². The number of hydrogen-bond donors (Lipinski definition) is 2. The maximum absolute atomic E-state index is 11.1. The van der Waals surface area contributed by atoms with Crippen molar-refractivity contribution in [2.45, 2.75) is 32.7 Å². The summed E-state index contributed by atoms with van der Waals surface area (Å²) in [5, 5.41) is 0. The number of aromatic nitrogens is 2. The number of hydrogen-bond acceptors (Lipinski definition) is 2. The van der Waals surface area contributed by atoms with Gasteiger partial charge in [-0.2, -0.15) is 0 Å². The third-order valence-electron chi connectivity index (χ3n) is 2.23. The summed E-state index contributed by atoms with van der Waals surface area (Å²) in [6, 6.07) is -0.397. The Morgan fingerprint density at radius 2 is 2.14 bits per heavy atom. The van der Waals surface area contributed by atoms with E-state index in [9.17, 15) is 4.79 Å². The fourth-order valence-corrected chi connectivity index (χ4v) is 1.69. The molecule has 3 N–H and O–H groups in total. The highest BCUT2D eigenvalue weighted by Crippen LogP contribution is 2.18. The van der Waals surface area contributed by atoms with Gasteiger partial charge in [0.15, 0.2) is 4.77 Å². The Morgan fingerprint density at radius 3 is 2.57 bits per heavy atom. The van der Waals surface area contributed by atoms with Gasteiger partial charge in [-0.15, -0.1) is 0 Å². The van der Waals surface area contributed by atoms with Crippen LogP contribution in [0.4, 0.5) is 0 Å². The summed E-state index contributed by atoms with van der Waals surface area (Å²) >= 11 is 5.09. The molecule has 1 aromatic rings. The molecule has 0 bridgehead atoms. The van der Waals surface area contributed by atoms with Crippen LogP contribution in [0, 0.1) is 4.77 Å². The molecule has 0 aliphatic rings. The van der Waals surface area contributed by atoms with Crippen molar-refractivity contribution in [1.29, 1.82) is 0 Å². The van der Waals surface area contributed by atoms with Gasteiger partial charge in [0.25, 0.3) is 0 Å². The average Bonchev–Trinajstić information content (AvgIpc) is 2.45. The molecule has 14 heavy (non-hydrogen) atoms. The van der Waals surface area contributed by atoms with Gasteiger partial charge < -0.3 is 15.3 Å². The van der Waals surface area contributed by atoms with E-state index in [1.165, 1.54) is 0 Å². The quantitative estimate of drug-likeness (QED) is 0.751. The monoisotopic (exact) mass is 213 g/mol.